The largest absolute Gasteiger partial charge is 0.369 e. The summed E-state index contributed by atoms with van der Waals surface area (Å²) in [7, 11) is 0. The van der Waals surface area contributed by atoms with Crippen LogP contribution in [0.25, 0.3) is 10.2 Å². The van der Waals surface area contributed by atoms with Gasteiger partial charge >= 0.3 is 0 Å². The molecule has 0 unspecified atom stereocenters. The number of aromatic nitrogens is 3. The Kier molecular flexibility index (Phi) is 3.16. The van der Waals surface area contributed by atoms with Gasteiger partial charge < -0.3 is 5.73 Å². The van der Waals surface area contributed by atoms with Gasteiger partial charge in [-0.1, -0.05) is 6.07 Å². The van der Waals surface area contributed by atoms with Gasteiger partial charge in [0.05, 0.1) is 11.3 Å². The maximum absolute atomic E-state index is 12.0. The molecule has 0 saturated carbocycles. The zero-order valence-electron chi connectivity index (χ0n) is 11.9. The van der Waals surface area contributed by atoms with Crippen LogP contribution in [-0.4, -0.2) is 26.4 Å². The maximum Gasteiger partial charge on any atom is 0.257 e. The maximum atomic E-state index is 12.0. The van der Waals surface area contributed by atoms with Gasteiger partial charge in [-0.3, -0.25) is 14.7 Å². The first-order valence-electron chi connectivity index (χ1n) is 7.12. The van der Waals surface area contributed by atoms with Crippen LogP contribution in [0.15, 0.2) is 29.2 Å². The fraction of sp³-hybridized carbons (Fsp3) is 0.267. The number of thiophene rings is 1. The van der Waals surface area contributed by atoms with Crippen LogP contribution in [0.5, 0.6) is 0 Å². The second-order valence-corrected chi connectivity index (χ2v) is 6.56. The van der Waals surface area contributed by atoms with Crippen LogP contribution in [0.2, 0.25) is 0 Å². The molecule has 0 bridgehead atoms. The van der Waals surface area contributed by atoms with Crippen LogP contribution in [0.1, 0.15) is 16.1 Å². The first kappa shape index (κ1) is 13.4. The molecule has 0 saturated heterocycles. The molecule has 3 N–H and O–H groups in total. The first-order valence-corrected chi connectivity index (χ1v) is 7.94. The van der Waals surface area contributed by atoms with Gasteiger partial charge in [0.15, 0.2) is 0 Å². The highest BCUT2D eigenvalue weighted by Crippen LogP contribution is 2.26. The predicted molar refractivity (Wildman–Crippen MR) is 86.7 cm³/mol. The van der Waals surface area contributed by atoms with Crippen LogP contribution in [0.4, 0.5) is 5.95 Å². The molecular weight excluding hydrogens is 298 g/mol. The van der Waals surface area contributed by atoms with Crippen LogP contribution >= 0.6 is 11.3 Å². The molecular formula is C15H15N5OS. The molecule has 0 spiro atoms. The lowest BCUT2D eigenvalue weighted by Crippen LogP contribution is -2.35. The number of aromatic amines is 1. The van der Waals surface area contributed by atoms with Crippen LogP contribution in [0.3, 0.4) is 0 Å². The van der Waals surface area contributed by atoms with Crippen molar-refractivity contribution in [2.24, 2.45) is 0 Å². The van der Waals surface area contributed by atoms with Gasteiger partial charge in [-0.15, -0.1) is 11.3 Å². The Morgan fingerprint density at radius 3 is 3.23 bits per heavy atom. The standard InChI is InChI=1S/C15H15N5OS/c16-15-18-12-3-5-20(8-11(12)13(21)19-15)7-10-6-9-2-1-4-17-14(9)22-10/h1-2,4,6H,3,5,7-8H2,(H3,16,18,19,21). The highest BCUT2D eigenvalue weighted by atomic mass is 32.1. The molecule has 0 fully saturated rings. The minimum absolute atomic E-state index is 0.120. The number of hydrogen-bond donors (Lipinski definition) is 2. The summed E-state index contributed by atoms with van der Waals surface area (Å²) in [5.74, 6) is 0.202. The molecule has 0 atom stereocenters. The SMILES string of the molecule is Nc1nc2c(c(=O)[nH]1)CN(Cc1cc3cccnc3s1)CC2. The number of rotatable bonds is 2. The third kappa shape index (κ3) is 2.38. The van der Waals surface area contributed by atoms with Crippen LogP contribution in [-0.2, 0) is 19.5 Å². The number of anilines is 1. The number of hydrogen-bond acceptors (Lipinski definition) is 6. The van der Waals surface area contributed by atoms with Crippen molar-refractivity contribution < 1.29 is 0 Å². The van der Waals surface area contributed by atoms with E-state index >= 15 is 0 Å². The van der Waals surface area contributed by atoms with E-state index in [1.54, 1.807) is 11.3 Å². The van der Waals surface area contributed by atoms with Crippen molar-refractivity contribution in [1.29, 1.82) is 0 Å². The Balaban J connectivity index is 1.58. The molecule has 0 aliphatic carbocycles. The Bertz CT molecular complexity index is 867. The summed E-state index contributed by atoms with van der Waals surface area (Å²) >= 11 is 1.70. The fourth-order valence-electron chi connectivity index (χ4n) is 2.86. The predicted octanol–water partition coefficient (Wildman–Crippen LogP) is 1.52. The molecule has 0 radical (unpaired) electrons. The average Bonchev–Trinajstić information content (AvgIpc) is 2.90. The Labute approximate surface area is 130 Å². The van der Waals surface area contributed by atoms with E-state index in [2.05, 4.69) is 32.0 Å². The number of pyridine rings is 1. The molecule has 3 aromatic rings. The van der Waals surface area contributed by atoms with Crippen molar-refractivity contribution in [3.05, 3.63) is 50.9 Å². The summed E-state index contributed by atoms with van der Waals surface area (Å²) in [6.45, 7) is 2.31. The number of fused-ring (bicyclic) bond motifs is 2. The van der Waals surface area contributed by atoms with E-state index in [0.29, 0.717) is 6.54 Å². The molecule has 0 aromatic carbocycles. The quantitative estimate of drug-likeness (QED) is 0.749. The number of nitrogens with one attached hydrogen (secondary N) is 1. The summed E-state index contributed by atoms with van der Waals surface area (Å²) in [6.07, 6.45) is 2.57. The van der Waals surface area contributed by atoms with Crippen molar-refractivity contribution in [2.75, 3.05) is 12.3 Å². The second kappa shape index (κ2) is 5.19. The molecule has 4 rings (SSSR count). The molecule has 3 aromatic heterocycles. The smallest absolute Gasteiger partial charge is 0.257 e. The normalized spacial score (nSPS) is 15.1. The molecule has 6 nitrogen and oxygen atoms in total. The number of nitrogens with zero attached hydrogens (tertiary/aromatic N) is 3. The van der Waals surface area contributed by atoms with Crippen molar-refractivity contribution in [3.63, 3.8) is 0 Å². The monoisotopic (exact) mass is 313 g/mol. The lowest BCUT2D eigenvalue weighted by molar-refractivity contribution is 0.244. The number of H-pyrrole nitrogens is 1. The lowest BCUT2D eigenvalue weighted by Gasteiger charge is -2.26. The molecule has 0 amide bonds. The van der Waals surface area contributed by atoms with Gasteiger partial charge in [0.25, 0.3) is 5.56 Å². The van der Waals surface area contributed by atoms with E-state index in [4.69, 9.17) is 5.73 Å². The van der Waals surface area contributed by atoms with Gasteiger partial charge in [0.2, 0.25) is 5.95 Å². The average molecular weight is 313 g/mol. The Morgan fingerprint density at radius 2 is 2.36 bits per heavy atom. The van der Waals surface area contributed by atoms with E-state index in [1.165, 1.54) is 10.3 Å². The minimum Gasteiger partial charge on any atom is -0.369 e. The van der Waals surface area contributed by atoms with Crippen molar-refractivity contribution in [1.82, 2.24) is 19.9 Å². The fourth-order valence-corrected chi connectivity index (χ4v) is 3.90. The zero-order chi connectivity index (χ0) is 15.1. The van der Waals surface area contributed by atoms with Crippen molar-refractivity contribution in [3.8, 4) is 0 Å². The first-order chi connectivity index (χ1) is 10.7. The summed E-state index contributed by atoms with van der Waals surface area (Å²) < 4.78 is 0. The highest BCUT2D eigenvalue weighted by Gasteiger charge is 2.21. The van der Waals surface area contributed by atoms with E-state index in [9.17, 15) is 4.79 Å². The third-order valence-corrected chi connectivity index (χ3v) is 4.93. The Hall–Kier alpha value is -2.25. The van der Waals surface area contributed by atoms with Crippen LogP contribution < -0.4 is 11.3 Å². The Morgan fingerprint density at radius 1 is 1.45 bits per heavy atom. The molecule has 1 aliphatic rings. The summed E-state index contributed by atoms with van der Waals surface area (Å²) in [5.41, 5.74) is 7.04. The summed E-state index contributed by atoms with van der Waals surface area (Å²) in [5, 5.41) is 1.17. The van der Waals surface area contributed by atoms with Crippen molar-refractivity contribution in [2.45, 2.75) is 19.5 Å². The van der Waals surface area contributed by atoms with Crippen LogP contribution in [0, 0.1) is 0 Å². The summed E-state index contributed by atoms with van der Waals surface area (Å²) in [6, 6.07) is 6.20. The zero-order valence-corrected chi connectivity index (χ0v) is 12.7. The van der Waals surface area contributed by atoms with Gasteiger partial charge in [-0.25, -0.2) is 9.97 Å². The molecule has 4 heterocycles. The van der Waals surface area contributed by atoms with Gasteiger partial charge in [-0.05, 0) is 12.1 Å². The lowest BCUT2D eigenvalue weighted by atomic mass is 10.1. The third-order valence-electron chi connectivity index (χ3n) is 3.89. The van der Waals surface area contributed by atoms with E-state index in [0.717, 1.165) is 35.6 Å². The van der Waals surface area contributed by atoms with Gasteiger partial charge in [0.1, 0.15) is 4.83 Å². The molecule has 1 aliphatic heterocycles. The van der Waals surface area contributed by atoms with Crippen molar-refractivity contribution >= 4 is 27.5 Å². The number of nitrogens with two attached hydrogens (primary N) is 1. The molecule has 7 heteroatoms. The van der Waals surface area contributed by atoms with E-state index in [1.807, 2.05) is 12.3 Å². The summed E-state index contributed by atoms with van der Waals surface area (Å²) in [4.78, 5) is 27.8. The van der Waals surface area contributed by atoms with E-state index < -0.39 is 0 Å². The number of nitrogen functional groups attached to an aromatic ring is 1. The molecule has 112 valence electrons. The van der Waals surface area contributed by atoms with Gasteiger partial charge in [-0.2, -0.15) is 0 Å². The highest BCUT2D eigenvalue weighted by molar-refractivity contribution is 7.18. The molecule has 22 heavy (non-hydrogen) atoms. The topological polar surface area (TPSA) is 87.9 Å². The minimum atomic E-state index is -0.120. The van der Waals surface area contributed by atoms with Gasteiger partial charge in [0, 0.05) is 42.5 Å². The second-order valence-electron chi connectivity index (χ2n) is 5.45. The van der Waals surface area contributed by atoms with E-state index in [-0.39, 0.29) is 11.5 Å².